The molecular weight excluding hydrogens is 172 g/mol. The number of hydrogen-bond donors (Lipinski definition) is 0. The first-order valence-corrected chi connectivity index (χ1v) is 5.83. The zero-order valence-corrected chi connectivity index (χ0v) is 9.62. The molecule has 1 rings (SSSR count). The summed E-state index contributed by atoms with van der Waals surface area (Å²) >= 11 is 0. The second-order valence-corrected chi connectivity index (χ2v) is 4.71. The molecule has 0 radical (unpaired) electrons. The van der Waals surface area contributed by atoms with Crippen LogP contribution in [0.3, 0.4) is 0 Å². The quantitative estimate of drug-likeness (QED) is 0.493. The van der Waals surface area contributed by atoms with E-state index in [1.165, 1.54) is 6.42 Å². The van der Waals surface area contributed by atoms with Gasteiger partial charge in [0.05, 0.1) is 0 Å². The highest BCUT2D eigenvalue weighted by Crippen LogP contribution is 2.32. The molecule has 0 aromatic heterocycles. The van der Waals surface area contributed by atoms with E-state index in [1.807, 2.05) is 0 Å². The third-order valence-corrected chi connectivity index (χ3v) is 3.40. The van der Waals surface area contributed by atoms with Gasteiger partial charge < -0.3 is 4.79 Å². The normalized spacial score (nSPS) is 24.6. The Balaban J connectivity index is 2.60. The van der Waals surface area contributed by atoms with Crippen molar-refractivity contribution in [2.24, 2.45) is 17.8 Å². The smallest absolute Gasteiger partial charge is 0.123 e. The SMILES string of the molecule is CCC(C1=CCC(C=O)CC1)C(C)C. The molecule has 0 aliphatic heterocycles. The summed E-state index contributed by atoms with van der Waals surface area (Å²) in [5.41, 5.74) is 1.60. The molecule has 0 saturated carbocycles. The van der Waals surface area contributed by atoms with E-state index in [0.29, 0.717) is 5.92 Å². The Morgan fingerprint density at radius 2 is 2.29 bits per heavy atom. The molecule has 1 aliphatic carbocycles. The number of hydrogen-bond acceptors (Lipinski definition) is 1. The third-order valence-electron chi connectivity index (χ3n) is 3.40. The predicted molar refractivity (Wildman–Crippen MR) is 60.1 cm³/mol. The molecule has 2 unspecified atom stereocenters. The lowest BCUT2D eigenvalue weighted by Gasteiger charge is -2.27. The summed E-state index contributed by atoms with van der Waals surface area (Å²) in [6, 6.07) is 0. The Bertz CT molecular complexity index is 215. The summed E-state index contributed by atoms with van der Waals surface area (Å²) in [7, 11) is 0. The monoisotopic (exact) mass is 194 g/mol. The van der Waals surface area contributed by atoms with Gasteiger partial charge in [-0.05, 0) is 37.5 Å². The Labute approximate surface area is 87.6 Å². The van der Waals surface area contributed by atoms with Crippen molar-refractivity contribution < 1.29 is 4.79 Å². The second-order valence-electron chi connectivity index (χ2n) is 4.71. The van der Waals surface area contributed by atoms with Crippen LogP contribution in [0.2, 0.25) is 0 Å². The van der Waals surface area contributed by atoms with E-state index in [0.717, 1.165) is 37.4 Å². The molecular formula is C13H22O. The molecule has 0 fully saturated rings. The topological polar surface area (TPSA) is 17.1 Å². The van der Waals surface area contributed by atoms with Gasteiger partial charge in [0, 0.05) is 5.92 Å². The molecule has 0 spiro atoms. The molecule has 0 N–H and O–H groups in total. The maximum Gasteiger partial charge on any atom is 0.123 e. The van der Waals surface area contributed by atoms with Crippen LogP contribution in [0.15, 0.2) is 11.6 Å². The number of carbonyl (C=O) groups is 1. The average Bonchev–Trinajstić information content (AvgIpc) is 2.19. The Morgan fingerprint density at radius 1 is 1.57 bits per heavy atom. The summed E-state index contributed by atoms with van der Waals surface area (Å²) in [5, 5.41) is 0. The van der Waals surface area contributed by atoms with E-state index in [2.05, 4.69) is 26.8 Å². The first-order valence-electron chi connectivity index (χ1n) is 5.83. The van der Waals surface area contributed by atoms with E-state index in [9.17, 15) is 4.79 Å². The van der Waals surface area contributed by atoms with Gasteiger partial charge in [0.1, 0.15) is 6.29 Å². The summed E-state index contributed by atoms with van der Waals surface area (Å²) in [6.07, 6.45) is 7.84. The average molecular weight is 194 g/mol. The fourth-order valence-electron chi connectivity index (χ4n) is 2.50. The standard InChI is InChI=1S/C13H22O/c1-4-13(10(2)3)12-7-5-11(9-14)6-8-12/h7,9-11,13H,4-6,8H2,1-3H3. The van der Waals surface area contributed by atoms with Crippen LogP contribution >= 0.6 is 0 Å². The van der Waals surface area contributed by atoms with Crippen molar-refractivity contribution in [1.29, 1.82) is 0 Å². The van der Waals surface area contributed by atoms with Crippen LogP contribution in [-0.4, -0.2) is 6.29 Å². The van der Waals surface area contributed by atoms with Crippen LogP contribution in [0.25, 0.3) is 0 Å². The molecule has 0 saturated heterocycles. The van der Waals surface area contributed by atoms with Crippen molar-refractivity contribution in [3.63, 3.8) is 0 Å². The highest BCUT2D eigenvalue weighted by molar-refractivity contribution is 5.54. The lowest BCUT2D eigenvalue weighted by Crippen LogP contribution is -2.16. The van der Waals surface area contributed by atoms with Crippen molar-refractivity contribution in [3.05, 3.63) is 11.6 Å². The highest BCUT2D eigenvalue weighted by Gasteiger charge is 2.20. The zero-order chi connectivity index (χ0) is 10.6. The first-order chi connectivity index (χ1) is 6.69. The maximum atomic E-state index is 10.6. The Hall–Kier alpha value is -0.590. The Morgan fingerprint density at radius 3 is 2.64 bits per heavy atom. The number of rotatable bonds is 4. The van der Waals surface area contributed by atoms with E-state index in [1.54, 1.807) is 5.57 Å². The van der Waals surface area contributed by atoms with Crippen LogP contribution in [0.5, 0.6) is 0 Å². The van der Waals surface area contributed by atoms with Gasteiger partial charge in [-0.2, -0.15) is 0 Å². The molecule has 0 heterocycles. The predicted octanol–water partition coefficient (Wildman–Crippen LogP) is 3.59. The number of allylic oxidation sites excluding steroid dienone is 2. The van der Waals surface area contributed by atoms with Gasteiger partial charge in [0.15, 0.2) is 0 Å². The second kappa shape index (κ2) is 5.33. The van der Waals surface area contributed by atoms with Gasteiger partial charge >= 0.3 is 0 Å². The molecule has 0 aromatic rings. The van der Waals surface area contributed by atoms with Gasteiger partial charge in [0.2, 0.25) is 0 Å². The van der Waals surface area contributed by atoms with E-state index in [4.69, 9.17) is 0 Å². The van der Waals surface area contributed by atoms with Crippen LogP contribution in [0.4, 0.5) is 0 Å². The van der Waals surface area contributed by atoms with E-state index >= 15 is 0 Å². The summed E-state index contributed by atoms with van der Waals surface area (Å²) in [4.78, 5) is 10.6. The molecule has 0 bridgehead atoms. The minimum atomic E-state index is 0.295. The van der Waals surface area contributed by atoms with E-state index in [-0.39, 0.29) is 0 Å². The summed E-state index contributed by atoms with van der Waals surface area (Å²) in [6.45, 7) is 6.85. The summed E-state index contributed by atoms with van der Waals surface area (Å²) in [5.74, 6) is 1.77. The fourth-order valence-corrected chi connectivity index (χ4v) is 2.50. The molecule has 80 valence electrons. The van der Waals surface area contributed by atoms with Crippen LogP contribution in [0.1, 0.15) is 46.5 Å². The van der Waals surface area contributed by atoms with Crippen LogP contribution in [-0.2, 0) is 4.79 Å². The van der Waals surface area contributed by atoms with Gasteiger partial charge in [-0.1, -0.05) is 32.4 Å². The molecule has 1 nitrogen and oxygen atoms in total. The van der Waals surface area contributed by atoms with Crippen molar-refractivity contribution in [1.82, 2.24) is 0 Å². The highest BCUT2D eigenvalue weighted by atomic mass is 16.1. The van der Waals surface area contributed by atoms with Crippen LogP contribution in [0, 0.1) is 17.8 Å². The van der Waals surface area contributed by atoms with Crippen molar-refractivity contribution in [2.45, 2.75) is 46.5 Å². The molecule has 2 atom stereocenters. The van der Waals surface area contributed by atoms with Crippen LogP contribution < -0.4 is 0 Å². The van der Waals surface area contributed by atoms with Crippen molar-refractivity contribution in [3.8, 4) is 0 Å². The Kier molecular flexibility index (Phi) is 4.37. The number of carbonyl (C=O) groups excluding carboxylic acids is 1. The minimum Gasteiger partial charge on any atom is -0.303 e. The lowest BCUT2D eigenvalue weighted by atomic mass is 9.78. The number of aldehydes is 1. The first kappa shape index (κ1) is 11.5. The van der Waals surface area contributed by atoms with Crippen molar-refractivity contribution in [2.75, 3.05) is 0 Å². The largest absolute Gasteiger partial charge is 0.303 e. The third kappa shape index (κ3) is 2.70. The van der Waals surface area contributed by atoms with Gasteiger partial charge in [-0.15, -0.1) is 0 Å². The minimum absolute atomic E-state index is 0.295. The zero-order valence-electron chi connectivity index (χ0n) is 9.62. The van der Waals surface area contributed by atoms with Crippen molar-refractivity contribution >= 4 is 6.29 Å². The van der Waals surface area contributed by atoms with Gasteiger partial charge in [-0.25, -0.2) is 0 Å². The van der Waals surface area contributed by atoms with Gasteiger partial charge in [0.25, 0.3) is 0 Å². The van der Waals surface area contributed by atoms with E-state index < -0.39 is 0 Å². The fraction of sp³-hybridized carbons (Fsp3) is 0.769. The molecule has 1 heteroatoms. The lowest BCUT2D eigenvalue weighted by molar-refractivity contribution is -0.111. The van der Waals surface area contributed by atoms with Gasteiger partial charge in [-0.3, -0.25) is 0 Å². The summed E-state index contributed by atoms with van der Waals surface area (Å²) < 4.78 is 0. The maximum absolute atomic E-state index is 10.6. The molecule has 14 heavy (non-hydrogen) atoms. The molecule has 1 aliphatic rings. The molecule has 0 aromatic carbocycles. The molecule has 0 amide bonds.